The minimum atomic E-state index is 0.453. The Kier molecular flexibility index (Phi) is 5.65. The van der Waals surface area contributed by atoms with Crippen molar-refractivity contribution in [2.75, 3.05) is 6.61 Å². The van der Waals surface area contributed by atoms with Gasteiger partial charge in [0.2, 0.25) is 5.95 Å². The molecule has 1 aliphatic heterocycles. The molecule has 4 aromatic carbocycles. The summed E-state index contributed by atoms with van der Waals surface area (Å²) in [7, 11) is 0. The highest BCUT2D eigenvalue weighted by Crippen LogP contribution is 2.46. The molecule has 2 atom stereocenters. The molecule has 3 heterocycles. The molecule has 0 saturated carbocycles. The van der Waals surface area contributed by atoms with Crippen LogP contribution in [-0.4, -0.2) is 21.1 Å². The molecule has 0 amide bonds. The topological polar surface area (TPSA) is 39.9 Å². The molecule has 2 aromatic heterocycles. The number of ether oxygens (including phenoxy) is 1. The van der Waals surface area contributed by atoms with Gasteiger partial charge in [0, 0.05) is 27.8 Å². The minimum absolute atomic E-state index is 0.453. The van der Waals surface area contributed by atoms with Crippen LogP contribution in [0.3, 0.4) is 0 Å². The summed E-state index contributed by atoms with van der Waals surface area (Å²) in [6, 6.07) is 31.9. The summed E-state index contributed by atoms with van der Waals surface area (Å²) in [6.07, 6.45) is 10.9. The van der Waals surface area contributed by atoms with Gasteiger partial charge in [0.25, 0.3) is 0 Å². The van der Waals surface area contributed by atoms with E-state index in [1.54, 1.807) is 0 Å². The van der Waals surface area contributed by atoms with E-state index in [0.29, 0.717) is 11.9 Å². The Labute approximate surface area is 234 Å². The van der Waals surface area contributed by atoms with E-state index in [-0.39, 0.29) is 0 Å². The summed E-state index contributed by atoms with van der Waals surface area (Å²) in [5.74, 6) is 2.99. The molecule has 8 rings (SSSR count). The van der Waals surface area contributed by atoms with Gasteiger partial charge in [-0.05, 0) is 56.2 Å². The Balaban J connectivity index is 1.29. The van der Waals surface area contributed by atoms with E-state index in [2.05, 4.69) is 95.6 Å². The number of nitrogens with zero attached hydrogens (tertiary/aromatic N) is 3. The average molecular weight is 522 g/mol. The second-order valence-corrected chi connectivity index (χ2v) is 11.2. The summed E-state index contributed by atoms with van der Waals surface area (Å²) in [6.45, 7) is 0.765. The fourth-order valence-electron chi connectivity index (χ4n) is 6.79. The van der Waals surface area contributed by atoms with Crippen molar-refractivity contribution in [2.24, 2.45) is 5.92 Å². The molecule has 1 unspecified atom stereocenters. The summed E-state index contributed by atoms with van der Waals surface area (Å²) in [4.78, 5) is 10.3. The zero-order valence-corrected chi connectivity index (χ0v) is 22.5. The van der Waals surface area contributed by atoms with Crippen molar-refractivity contribution in [1.82, 2.24) is 14.5 Å². The van der Waals surface area contributed by atoms with E-state index in [0.717, 1.165) is 51.5 Å². The van der Waals surface area contributed by atoms with Crippen LogP contribution in [0, 0.1) is 5.92 Å². The van der Waals surface area contributed by atoms with Crippen molar-refractivity contribution in [3.8, 4) is 23.0 Å². The zero-order chi connectivity index (χ0) is 26.5. The third kappa shape index (κ3) is 3.82. The standard InChI is InChI=1S/C36H31N3O/c1-3-11-24(12-4-1)19-20-26-23-40-35-27(26)21-22-32-33(35)29-16-8-10-18-31(29)39(32)36-37-30-17-9-7-15-28(30)34(38-36)25-13-5-2-6-14-25/h1-3,5-10,13-18,21-22,24,26H,4,11-12,19-20,23H2/t24-,26?/m1/s1. The lowest BCUT2D eigenvalue weighted by Gasteiger charge is -2.19. The van der Waals surface area contributed by atoms with Crippen LogP contribution in [0.1, 0.15) is 43.6 Å². The fraction of sp³-hybridized carbons (Fsp3) is 0.222. The third-order valence-corrected chi connectivity index (χ3v) is 8.83. The minimum Gasteiger partial charge on any atom is -0.492 e. The van der Waals surface area contributed by atoms with Gasteiger partial charge in [0.1, 0.15) is 5.75 Å². The molecule has 4 nitrogen and oxygen atoms in total. The SMILES string of the molecule is C1=CC[C@@H](CCC2COc3c2ccc2c3c3ccccc3n2-c2nc(-c3ccccc3)c3ccccc3n2)CC1. The number of aromatic nitrogens is 3. The summed E-state index contributed by atoms with van der Waals surface area (Å²) < 4.78 is 8.73. The highest BCUT2D eigenvalue weighted by atomic mass is 16.5. The quantitative estimate of drug-likeness (QED) is 0.213. The molecule has 196 valence electrons. The highest BCUT2D eigenvalue weighted by molar-refractivity contribution is 6.13. The molecule has 0 spiro atoms. The van der Waals surface area contributed by atoms with Crippen LogP contribution in [-0.2, 0) is 0 Å². The second kappa shape index (κ2) is 9.63. The van der Waals surface area contributed by atoms with E-state index >= 15 is 0 Å². The maximum atomic E-state index is 6.52. The van der Waals surface area contributed by atoms with Crippen molar-refractivity contribution in [2.45, 2.75) is 38.0 Å². The van der Waals surface area contributed by atoms with Gasteiger partial charge < -0.3 is 4.74 Å². The maximum Gasteiger partial charge on any atom is 0.235 e. The molecule has 1 aliphatic carbocycles. The predicted molar refractivity (Wildman–Crippen MR) is 163 cm³/mol. The average Bonchev–Trinajstić information content (AvgIpc) is 3.59. The van der Waals surface area contributed by atoms with Crippen molar-refractivity contribution < 1.29 is 4.74 Å². The molecule has 2 aliphatic rings. The number of hydrogen-bond acceptors (Lipinski definition) is 3. The molecule has 4 heteroatoms. The van der Waals surface area contributed by atoms with Gasteiger partial charge in [-0.15, -0.1) is 0 Å². The maximum absolute atomic E-state index is 6.52. The second-order valence-electron chi connectivity index (χ2n) is 11.2. The van der Waals surface area contributed by atoms with Crippen LogP contribution in [0.15, 0.2) is 103 Å². The summed E-state index contributed by atoms with van der Waals surface area (Å²) in [5.41, 5.74) is 6.51. The fourth-order valence-corrected chi connectivity index (χ4v) is 6.79. The third-order valence-electron chi connectivity index (χ3n) is 8.83. The first-order valence-electron chi connectivity index (χ1n) is 14.5. The first kappa shape index (κ1) is 23.4. The molecule has 0 radical (unpaired) electrons. The summed E-state index contributed by atoms with van der Waals surface area (Å²) >= 11 is 0. The smallest absolute Gasteiger partial charge is 0.235 e. The van der Waals surface area contributed by atoms with Crippen molar-refractivity contribution in [1.29, 1.82) is 0 Å². The molecular weight excluding hydrogens is 490 g/mol. The van der Waals surface area contributed by atoms with Gasteiger partial charge in [0.15, 0.2) is 0 Å². The number of benzene rings is 4. The number of fused-ring (bicyclic) bond motifs is 6. The first-order chi connectivity index (χ1) is 19.8. The molecule has 0 N–H and O–H groups in total. The number of allylic oxidation sites excluding steroid dienone is 2. The Morgan fingerprint density at radius 3 is 2.45 bits per heavy atom. The Hall–Kier alpha value is -4.44. The van der Waals surface area contributed by atoms with E-state index in [9.17, 15) is 0 Å². The Bertz CT molecular complexity index is 1900. The van der Waals surface area contributed by atoms with E-state index < -0.39 is 0 Å². The monoisotopic (exact) mass is 521 g/mol. The predicted octanol–water partition coefficient (Wildman–Crippen LogP) is 9.01. The normalized spacial score (nSPS) is 18.4. The number of para-hydroxylation sites is 2. The van der Waals surface area contributed by atoms with Gasteiger partial charge in [-0.1, -0.05) is 84.9 Å². The van der Waals surface area contributed by atoms with Crippen LogP contribution in [0.5, 0.6) is 5.75 Å². The van der Waals surface area contributed by atoms with Gasteiger partial charge in [0.05, 0.1) is 34.2 Å². The van der Waals surface area contributed by atoms with Gasteiger partial charge in [-0.2, -0.15) is 0 Å². The van der Waals surface area contributed by atoms with Crippen molar-refractivity contribution >= 4 is 32.7 Å². The lowest BCUT2D eigenvalue weighted by Crippen LogP contribution is -2.07. The van der Waals surface area contributed by atoms with Crippen molar-refractivity contribution in [3.63, 3.8) is 0 Å². The number of rotatable bonds is 5. The van der Waals surface area contributed by atoms with E-state index in [1.165, 1.54) is 48.4 Å². The molecule has 40 heavy (non-hydrogen) atoms. The lowest BCUT2D eigenvalue weighted by molar-refractivity contribution is 0.313. The highest BCUT2D eigenvalue weighted by Gasteiger charge is 2.29. The molecular formula is C36H31N3O. The lowest BCUT2D eigenvalue weighted by atomic mass is 9.86. The van der Waals surface area contributed by atoms with E-state index in [1.807, 2.05) is 12.1 Å². The Morgan fingerprint density at radius 2 is 1.57 bits per heavy atom. The molecule has 0 saturated heterocycles. The van der Waals surface area contributed by atoms with Gasteiger partial charge >= 0.3 is 0 Å². The Morgan fingerprint density at radius 1 is 0.750 bits per heavy atom. The van der Waals surface area contributed by atoms with Crippen LogP contribution in [0.4, 0.5) is 0 Å². The van der Waals surface area contributed by atoms with Crippen LogP contribution in [0.2, 0.25) is 0 Å². The van der Waals surface area contributed by atoms with E-state index in [4.69, 9.17) is 14.7 Å². The van der Waals surface area contributed by atoms with Crippen LogP contribution < -0.4 is 4.74 Å². The van der Waals surface area contributed by atoms with Gasteiger partial charge in [-0.25, -0.2) is 9.97 Å². The van der Waals surface area contributed by atoms with Crippen LogP contribution >= 0.6 is 0 Å². The molecule has 0 fully saturated rings. The van der Waals surface area contributed by atoms with Crippen LogP contribution in [0.25, 0.3) is 49.9 Å². The number of hydrogen-bond donors (Lipinski definition) is 0. The van der Waals surface area contributed by atoms with Gasteiger partial charge in [-0.3, -0.25) is 4.57 Å². The molecule has 0 bridgehead atoms. The van der Waals surface area contributed by atoms with Crippen molar-refractivity contribution in [3.05, 3.63) is 109 Å². The molecule has 6 aromatic rings. The first-order valence-corrected chi connectivity index (χ1v) is 14.5. The largest absolute Gasteiger partial charge is 0.492 e. The summed E-state index contributed by atoms with van der Waals surface area (Å²) in [5, 5.41) is 3.42. The zero-order valence-electron chi connectivity index (χ0n) is 22.5.